The zero-order chi connectivity index (χ0) is 16.8. The molecule has 2 aromatic carbocycles. The van der Waals surface area contributed by atoms with E-state index < -0.39 is 12.0 Å². The van der Waals surface area contributed by atoms with Gasteiger partial charge >= 0.3 is 5.97 Å². The number of hydrogen-bond donors (Lipinski definition) is 4. The summed E-state index contributed by atoms with van der Waals surface area (Å²) in [5, 5.41) is 30.7. The highest BCUT2D eigenvalue weighted by Gasteiger charge is 2.19. The van der Waals surface area contributed by atoms with Crippen molar-refractivity contribution in [3.8, 4) is 11.5 Å². The number of carboxylic acid groups (broad SMARTS) is 1. The molecule has 0 radical (unpaired) electrons. The Morgan fingerprint density at radius 3 is 2.30 bits per heavy atom. The van der Waals surface area contributed by atoms with Crippen LogP contribution in [0.3, 0.4) is 0 Å². The van der Waals surface area contributed by atoms with Crippen LogP contribution in [0.2, 0.25) is 0 Å². The van der Waals surface area contributed by atoms with Gasteiger partial charge in [-0.1, -0.05) is 36.4 Å². The lowest BCUT2D eigenvalue weighted by atomic mass is 10.0. The third-order valence-electron chi connectivity index (χ3n) is 3.38. The number of nitrogens with one attached hydrogen (secondary N) is 1. The minimum atomic E-state index is -1.10. The highest BCUT2D eigenvalue weighted by atomic mass is 16.4. The van der Waals surface area contributed by atoms with Crippen molar-refractivity contribution in [2.24, 2.45) is 0 Å². The minimum Gasteiger partial charge on any atom is -0.504 e. The number of ketones is 1. The van der Waals surface area contributed by atoms with Crippen LogP contribution in [0.1, 0.15) is 15.9 Å². The summed E-state index contributed by atoms with van der Waals surface area (Å²) in [5.74, 6) is -1.89. The molecule has 6 nitrogen and oxygen atoms in total. The predicted octanol–water partition coefficient (Wildman–Crippen LogP) is 1.57. The number of carboxylic acids is 1. The van der Waals surface area contributed by atoms with Crippen LogP contribution in [0.5, 0.6) is 11.5 Å². The summed E-state index contributed by atoms with van der Waals surface area (Å²) >= 11 is 0. The molecule has 120 valence electrons. The SMILES string of the molecule is O=C(CN[C@@H](Cc1ccc(O)c(O)c1)C(=O)O)c1ccccc1. The second-order valence-electron chi connectivity index (χ2n) is 5.09. The first-order valence-corrected chi connectivity index (χ1v) is 7.02. The Morgan fingerprint density at radius 1 is 1.00 bits per heavy atom. The molecule has 0 heterocycles. The standard InChI is InChI=1S/C17H17NO5/c19-14-7-6-11(9-15(14)20)8-13(17(22)23)18-10-16(21)12-4-2-1-3-5-12/h1-7,9,13,18-20H,8,10H2,(H,22,23)/t13-/m0/s1. The molecule has 0 saturated heterocycles. The first-order valence-electron chi connectivity index (χ1n) is 7.02. The molecule has 6 heteroatoms. The van der Waals surface area contributed by atoms with Crippen molar-refractivity contribution in [1.29, 1.82) is 0 Å². The third kappa shape index (κ3) is 4.55. The van der Waals surface area contributed by atoms with Crippen molar-refractivity contribution in [1.82, 2.24) is 5.32 Å². The number of carbonyl (C=O) groups excluding carboxylic acids is 1. The maximum Gasteiger partial charge on any atom is 0.321 e. The van der Waals surface area contributed by atoms with E-state index in [9.17, 15) is 24.9 Å². The van der Waals surface area contributed by atoms with Crippen LogP contribution in [-0.4, -0.2) is 39.7 Å². The fourth-order valence-electron chi connectivity index (χ4n) is 2.12. The van der Waals surface area contributed by atoms with Gasteiger partial charge in [-0.3, -0.25) is 14.9 Å². The maximum absolute atomic E-state index is 12.0. The van der Waals surface area contributed by atoms with E-state index in [1.807, 2.05) is 0 Å². The van der Waals surface area contributed by atoms with E-state index in [2.05, 4.69) is 5.32 Å². The van der Waals surface area contributed by atoms with Gasteiger partial charge in [-0.25, -0.2) is 0 Å². The van der Waals surface area contributed by atoms with E-state index in [0.717, 1.165) is 0 Å². The van der Waals surface area contributed by atoms with Crippen LogP contribution in [-0.2, 0) is 11.2 Å². The van der Waals surface area contributed by atoms with E-state index in [-0.39, 0.29) is 30.2 Å². The average Bonchev–Trinajstić information content (AvgIpc) is 2.55. The van der Waals surface area contributed by atoms with Crippen molar-refractivity contribution < 1.29 is 24.9 Å². The summed E-state index contributed by atoms with van der Waals surface area (Å²) < 4.78 is 0. The van der Waals surface area contributed by atoms with Gasteiger partial charge < -0.3 is 15.3 Å². The first kappa shape index (κ1) is 16.5. The van der Waals surface area contributed by atoms with Gasteiger partial charge in [-0.05, 0) is 24.1 Å². The number of hydrogen-bond acceptors (Lipinski definition) is 5. The third-order valence-corrected chi connectivity index (χ3v) is 3.38. The average molecular weight is 315 g/mol. The zero-order valence-corrected chi connectivity index (χ0v) is 12.3. The number of carbonyl (C=O) groups is 2. The molecule has 4 N–H and O–H groups in total. The van der Waals surface area contributed by atoms with Crippen LogP contribution in [0.4, 0.5) is 0 Å². The molecule has 2 aromatic rings. The largest absolute Gasteiger partial charge is 0.504 e. The summed E-state index contributed by atoms with van der Waals surface area (Å²) in [4.78, 5) is 23.3. The highest BCUT2D eigenvalue weighted by Crippen LogP contribution is 2.25. The Balaban J connectivity index is 2.00. The second-order valence-corrected chi connectivity index (χ2v) is 5.09. The molecule has 0 aliphatic rings. The molecular formula is C17H17NO5. The van der Waals surface area contributed by atoms with Crippen LogP contribution < -0.4 is 5.32 Å². The van der Waals surface area contributed by atoms with Crippen LogP contribution in [0, 0.1) is 0 Å². The molecule has 0 aliphatic heterocycles. The summed E-state index contributed by atoms with van der Waals surface area (Å²) in [5.41, 5.74) is 1.04. The normalized spacial score (nSPS) is 11.8. The van der Waals surface area contributed by atoms with Gasteiger partial charge in [0.15, 0.2) is 17.3 Å². The van der Waals surface area contributed by atoms with E-state index >= 15 is 0 Å². The van der Waals surface area contributed by atoms with E-state index in [1.165, 1.54) is 18.2 Å². The monoisotopic (exact) mass is 315 g/mol. The van der Waals surface area contributed by atoms with Crippen molar-refractivity contribution in [2.75, 3.05) is 6.54 Å². The molecular weight excluding hydrogens is 298 g/mol. The number of aromatic hydroxyl groups is 2. The molecule has 0 bridgehead atoms. The van der Waals surface area contributed by atoms with E-state index in [1.54, 1.807) is 30.3 Å². The predicted molar refractivity (Wildman–Crippen MR) is 83.7 cm³/mol. The number of benzene rings is 2. The molecule has 1 atom stereocenters. The van der Waals surface area contributed by atoms with Crippen molar-refractivity contribution in [3.05, 3.63) is 59.7 Å². The van der Waals surface area contributed by atoms with Gasteiger partial charge in [0.2, 0.25) is 0 Å². The van der Waals surface area contributed by atoms with Crippen LogP contribution in [0.15, 0.2) is 48.5 Å². The fourth-order valence-corrected chi connectivity index (χ4v) is 2.12. The molecule has 0 spiro atoms. The molecule has 0 unspecified atom stereocenters. The van der Waals surface area contributed by atoms with E-state index in [0.29, 0.717) is 11.1 Å². The Morgan fingerprint density at radius 2 is 1.70 bits per heavy atom. The number of rotatable bonds is 7. The van der Waals surface area contributed by atoms with Gasteiger partial charge in [0.25, 0.3) is 0 Å². The minimum absolute atomic E-state index is 0.0746. The number of phenolic OH excluding ortho intramolecular Hbond substituents is 2. The van der Waals surface area contributed by atoms with Gasteiger partial charge in [0, 0.05) is 5.56 Å². The molecule has 2 rings (SSSR count). The number of phenols is 2. The van der Waals surface area contributed by atoms with Gasteiger partial charge in [0.05, 0.1) is 6.54 Å². The molecule has 23 heavy (non-hydrogen) atoms. The topological polar surface area (TPSA) is 107 Å². The quantitative estimate of drug-likeness (QED) is 0.456. The smallest absolute Gasteiger partial charge is 0.321 e. The fraction of sp³-hybridized carbons (Fsp3) is 0.176. The molecule has 0 amide bonds. The Kier molecular flexibility index (Phi) is 5.32. The second kappa shape index (κ2) is 7.42. The summed E-state index contributed by atoms with van der Waals surface area (Å²) in [7, 11) is 0. The lowest BCUT2D eigenvalue weighted by Crippen LogP contribution is -2.41. The summed E-state index contributed by atoms with van der Waals surface area (Å²) in [6.45, 7) is -0.106. The molecule has 0 aromatic heterocycles. The van der Waals surface area contributed by atoms with Gasteiger partial charge in [0.1, 0.15) is 6.04 Å². The maximum atomic E-state index is 12.0. The number of aliphatic carboxylic acids is 1. The van der Waals surface area contributed by atoms with Crippen LogP contribution >= 0.6 is 0 Å². The highest BCUT2D eigenvalue weighted by molar-refractivity contribution is 5.97. The molecule has 0 aliphatic carbocycles. The Hall–Kier alpha value is -2.86. The van der Waals surface area contributed by atoms with E-state index in [4.69, 9.17) is 0 Å². The first-order chi connectivity index (χ1) is 11.0. The van der Waals surface area contributed by atoms with Crippen molar-refractivity contribution in [2.45, 2.75) is 12.5 Å². The van der Waals surface area contributed by atoms with Crippen LogP contribution in [0.25, 0.3) is 0 Å². The van der Waals surface area contributed by atoms with Gasteiger partial charge in [-0.2, -0.15) is 0 Å². The van der Waals surface area contributed by atoms with Crippen molar-refractivity contribution >= 4 is 11.8 Å². The lowest BCUT2D eigenvalue weighted by Gasteiger charge is -2.14. The Bertz CT molecular complexity index is 699. The van der Waals surface area contributed by atoms with Crippen molar-refractivity contribution in [3.63, 3.8) is 0 Å². The van der Waals surface area contributed by atoms with Gasteiger partial charge in [-0.15, -0.1) is 0 Å². The molecule has 0 fully saturated rings. The number of Topliss-reactive ketones (excluding diaryl/α,β-unsaturated/α-hetero) is 1. The Labute approximate surface area is 133 Å². The summed E-state index contributed by atoms with van der Waals surface area (Å²) in [6.07, 6.45) is 0.0746. The molecule has 0 saturated carbocycles. The zero-order valence-electron chi connectivity index (χ0n) is 12.3. The lowest BCUT2D eigenvalue weighted by molar-refractivity contribution is -0.139. The summed E-state index contributed by atoms with van der Waals surface area (Å²) in [6, 6.07) is 11.7.